The number of nitrogens with one attached hydrogen (secondary N) is 2. The maximum atomic E-state index is 14.1. The molecule has 0 aliphatic heterocycles. The Kier molecular flexibility index (Phi) is 5.94. The molecule has 31 heavy (non-hydrogen) atoms. The quantitative estimate of drug-likeness (QED) is 0.493. The van der Waals surface area contributed by atoms with E-state index in [0.717, 1.165) is 30.5 Å². The largest absolute Gasteiger partial charge is 0.416 e. The lowest BCUT2D eigenvalue weighted by Gasteiger charge is -2.14. The first-order valence-electron chi connectivity index (χ1n) is 8.49. The summed E-state index contributed by atoms with van der Waals surface area (Å²) in [5.74, 6) is -3.78. The van der Waals surface area contributed by atoms with Gasteiger partial charge in [-0.25, -0.2) is 27.3 Å². The van der Waals surface area contributed by atoms with Crippen molar-refractivity contribution in [3.8, 4) is 11.3 Å². The van der Waals surface area contributed by atoms with Crippen molar-refractivity contribution < 1.29 is 30.6 Å². The summed E-state index contributed by atoms with van der Waals surface area (Å²) in [5, 5.41) is 2.47. The zero-order valence-electron chi connectivity index (χ0n) is 15.7. The summed E-state index contributed by atoms with van der Waals surface area (Å²) in [6.45, 7) is 0. The lowest BCUT2D eigenvalue weighted by atomic mass is 10.1. The van der Waals surface area contributed by atoms with Gasteiger partial charge in [0.2, 0.25) is 5.95 Å². The van der Waals surface area contributed by atoms with Gasteiger partial charge in [-0.2, -0.15) is 13.2 Å². The molecule has 1 heterocycles. The summed E-state index contributed by atoms with van der Waals surface area (Å²) in [4.78, 5) is 7.42. The molecule has 0 saturated heterocycles. The predicted octanol–water partition coefficient (Wildman–Crippen LogP) is 5.50. The minimum atomic E-state index is -4.73. The standard InChI is InChI=1S/C19H14F6N4OS/c1-31(26,30)9-10-4-11(19(23,24)25)6-13(5-10)28-18-27-8-16(22)17(29-18)14-3-2-12(20)7-15(14)21/h2-8,26H,9H2,1H3,(H,27,28,29)/t31-/m1/s1. The van der Waals surface area contributed by atoms with Crippen LogP contribution in [0.4, 0.5) is 38.0 Å². The molecule has 2 N–H and O–H groups in total. The van der Waals surface area contributed by atoms with E-state index in [9.17, 15) is 30.6 Å². The lowest BCUT2D eigenvalue weighted by Crippen LogP contribution is -2.09. The van der Waals surface area contributed by atoms with Crippen molar-refractivity contribution in [1.29, 1.82) is 4.78 Å². The summed E-state index contributed by atoms with van der Waals surface area (Å²) < 4.78 is 100. The number of hydrogen-bond donors (Lipinski definition) is 2. The molecule has 0 saturated carbocycles. The third-order valence-corrected chi connectivity index (χ3v) is 4.83. The number of benzene rings is 2. The van der Waals surface area contributed by atoms with Crippen LogP contribution in [0.15, 0.2) is 42.6 Å². The maximum Gasteiger partial charge on any atom is 0.416 e. The van der Waals surface area contributed by atoms with Gasteiger partial charge in [0, 0.05) is 33.3 Å². The van der Waals surface area contributed by atoms with E-state index in [1.165, 1.54) is 6.07 Å². The molecular formula is C19H14F6N4OS. The van der Waals surface area contributed by atoms with E-state index in [0.29, 0.717) is 12.3 Å². The van der Waals surface area contributed by atoms with Gasteiger partial charge in [-0.1, -0.05) is 0 Å². The highest BCUT2D eigenvalue weighted by atomic mass is 32.2. The minimum absolute atomic E-state index is 0.0215. The van der Waals surface area contributed by atoms with E-state index < -0.39 is 50.4 Å². The first-order valence-corrected chi connectivity index (χ1v) is 10.6. The van der Waals surface area contributed by atoms with Crippen molar-refractivity contribution >= 4 is 21.4 Å². The molecule has 3 rings (SSSR count). The van der Waals surface area contributed by atoms with E-state index in [4.69, 9.17) is 4.78 Å². The fourth-order valence-corrected chi connectivity index (χ4v) is 3.56. The summed E-state index contributed by atoms with van der Waals surface area (Å²) in [7, 11) is -3.13. The molecule has 0 spiro atoms. The Morgan fingerprint density at radius 3 is 2.39 bits per heavy atom. The molecule has 0 amide bonds. The topological polar surface area (TPSA) is 78.7 Å². The van der Waals surface area contributed by atoms with Crippen LogP contribution < -0.4 is 5.32 Å². The molecule has 0 aliphatic carbocycles. The predicted molar refractivity (Wildman–Crippen MR) is 103 cm³/mol. The number of aromatic nitrogens is 2. The molecule has 0 bridgehead atoms. The molecule has 5 nitrogen and oxygen atoms in total. The molecule has 0 radical (unpaired) electrons. The van der Waals surface area contributed by atoms with Gasteiger partial charge in [0.1, 0.15) is 17.3 Å². The number of nitrogens with zero attached hydrogens (tertiary/aromatic N) is 2. The first kappa shape index (κ1) is 22.5. The van der Waals surface area contributed by atoms with Crippen LogP contribution >= 0.6 is 0 Å². The molecule has 0 aliphatic rings. The fraction of sp³-hybridized carbons (Fsp3) is 0.158. The van der Waals surface area contributed by atoms with Crippen LogP contribution in [0.2, 0.25) is 0 Å². The summed E-state index contributed by atoms with van der Waals surface area (Å²) in [6, 6.07) is 5.12. The van der Waals surface area contributed by atoms with E-state index in [1.807, 2.05) is 0 Å². The molecule has 12 heteroatoms. The number of halogens is 6. The fourth-order valence-electron chi connectivity index (χ4n) is 2.76. The van der Waals surface area contributed by atoms with Gasteiger partial charge in [-0.05, 0) is 35.9 Å². The second-order valence-electron chi connectivity index (χ2n) is 6.71. The zero-order valence-corrected chi connectivity index (χ0v) is 16.5. The average molecular weight is 460 g/mol. The van der Waals surface area contributed by atoms with Crippen molar-refractivity contribution in [3.63, 3.8) is 0 Å². The van der Waals surface area contributed by atoms with Crippen LogP contribution in [-0.4, -0.2) is 20.4 Å². The van der Waals surface area contributed by atoms with Crippen LogP contribution in [-0.2, 0) is 21.7 Å². The molecule has 1 atom stereocenters. The maximum absolute atomic E-state index is 14.1. The molecular weight excluding hydrogens is 446 g/mol. The molecule has 0 fully saturated rings. The Morgan fingerprint density at radius 1 is 1.06 bits per heavy atom. The van der Waals surface area contributed by atoms with Gasteiger partial charge >= 0.3 is 6.18 Å². The smallest absolute Gasteiger partial charge is 0.324 e. The van der Waals surface area contributed by atoms with Gasteiger partial charge in [0.15, 0.2) is 5.82 Å². The average Bonchev–Trinajstić information content (AvgIpc) is 2.61. The van der Waals surface area contributed by atoms with Crippen LogP contribution in [0, 0.1) is 22.2 Å². The van der Waals surface area contributed by atoms with Crippen LogP contribution in [0.25, 0.3) is 11.3 Å². The van der Waals surface area contributed by atoms with Crippen molar-refractivity contribution in [1.82, 2.24) is 9.97 Å². The number of rotatable bonds is 5. The Labute approximate surface area is 173 Å². The van der Waals surface area contributed by atoms with E-state index >= 15 is 0 Å². The normalized spacial score (nSPS) is 13.6. The minimum Gasteiger partial charge on any atom is -0.324 e. The summed E-state index contributed by atoms with van der Waals surface area (Å²) in [6.07, 6.45) is -2.95. The van der Waals surface area contributed by atoms with Gasteiger partial charge in [-0.15, -0.1) is 0 Å². The van der Waals surface area contributed by atoms with E-state index in [2.05, 4.69) is 15.3 Å². The van der Waals surface area contributed by atoms with Crippen molar-refractivity contribution in [3.05, 3.63) is 71.2 Å². The first-order chi connectivity index (χ1) is 14.3. The molecule has 2 aromatic carbocycles. The van der Waals surface area contributed by atoms with Gasteiger partial charge < -0.3 is 5.32 Å². The molecule has 3 aromatic rings. The Balaban J connectivity index is 2.03. The number of alkyl halides is 3. The highest BCUT2D eigenvalue weighted by molar-refractivity contribution is 7.90. The molecule has 0 unspecified atom stereocenters. The van der Waals surface area contributed by atoms with Crippen molar-refractivity contribution in [2.75, 3.05) is 11.6 Å². The highest BCUT2D eigenvalue weighted by Crippen LogP contribution is 2.33. The van der Waals surface area contributed by atoms with Crippen LogP contribution in [0.3, 0.4) is 0 Å². The Hall–Kier alpha value is -3.15. The monoisotopic (exact) mass is 460 g/mol. The van der Waals surface area contributed by atoms with Crippen molar-refractivity contribution in [2.45, 2.75) is 11.9 Å². The number of anilines is 2. The second kappa shape index (κ2) is 8.17. The Bertz CT molecular complexity index is 1240. The lowest BCUT2D eigenvalue weighted by molar-refractivity contribution is -0.137. The third kappa shape index (κ3) is 5.72. The molecule has 1 aromatic heterocycles. The second-order valence-corrected chi connectivity index (χ2v) is 9.00. The van der Waals surface area contributed by atoms with E-state index in [1.54, 1.807) is 0 Å². The zero-order chi connectivity index (χ0) is 23.0. The highest BCUT2D eigenvalue weighted by Gasteiger charge is 2.31. The summed E-state index contributed by atoms with van der Waals surface area (Å²) >= 11 is 0. The van der Waals surface area contributed by atoms with Gasteiger partial charge in [-0.3, -0.25) is 4.78 Å². The van der Waals surface area contributed by atoms with Crippen LogP contribution in [0.1, 0.15) is 11.1 Å². The Morgan fingerprint density at radius 2 is 1.77 bits per heavy atom. The summed E-state index contributed by atoms with van der Waals surface area (Å²) in [5.41, 5.74) is -2.14. The van der Waals surface area contributed by atoms with Gasteiger partial charge in [0.05, 0.1) is 17.5 Å². The van der Waals surface area contributed by atoms with Gasteiger partial charge in [0.25, 0.3) is 0 Å². The number of hydrogen-bond acceptors (Lipinski definition) is 5. The van der Waals surface area contributed by atoms with Crippen molar-refractivity contribution in [2.24, 2.45) is 0 Å². The third-order valence-electron chi connectivity index (χ3n) is 3.95. The SMILES string of the molecule is C[S@@](=N)(=O)Cc1cc(Nc2ncc(F)c(-c3ccc(F)cc3F)n2)cc(C(F)(F)F)c1. The molecule has 164 valence electrons. The van der Waals surface area contributed by atoms with Crippen LogP contribution in [0.5, 0.6) is 0 Å². The van der Waals surface area contributed by atoms with E-state index in [-0.39, 0.29) is 22.8 Å².